The van der Waals surface area contributed by atoms with Crippen molar-refractivity contribution in [2.75, 3.05) is 6.54 Å². The molecule has 1 N–H and O–H groups in total. The average molecular weight is 264 g/mol. The molecule has 2 aliphatic rings. The first-order chi connectivity index (χ1) is 9.18. The maximum absolute atomic E-state index is 12.4. The van der Waals surface area contributed by atoms with E-state index in [9.17, 15) is 9.59 Å². The molecule has 3 rings (SSSR count). The van der Waals surface area contributed by atoms with E-state index in [1.165, 1.54) is 4.90 Å². The number of carbonyl (C=O) groups excluding carboxylic acids is 1. The molecule has 102 valence electrons. The molecule has 0 bridgehead atoms. The Morgan fingerprint density at radius 3 is 2.84 bits per heavy atom. The first kappa shape index (κ1) is 12.2. The van der Waals surface area contributed by atoms with Gasteiger partial charge in [0.1, 0.15) is 11.8 Å². The van der Waals surface area contributed by atoms with Crippen molar-refractivity contribution in [3.63, 3.8) is 0 Å². The van der Waals surface area contributed by atoms with Crippen LogP contribution in [-0.4, -0.2) is 39.6 Å². The van der Waals surface area contributed by atoms with Gasteiger partial charge in [-0.05, 0) is 32.1 Å². The van der Waals surface area contributed by atoms with E-state index >= 15 is 0 Å². The van der Waals surface area contributed by atoms with Crippen molar-refractivity contribution in [3.8, 4) is 0 Å². The Balaban J connectivity index is 1.88. The normalized spacial score (nSPS) is 22.3. The molecule has 0 saturated carbocycles. The molecule has 1 atom stereocenters. The molecule has 1 saturated heterocycles. The number of aryl methyl sites for hydroxylation is 1. The molecule has 2 heterocycles. The van der Waals surface area contributed by atoms with Crippen LogP contribution in [0, 0.1) is 0 Å². The van der Waals surface area contributed by atoms with Gasteiger partial charge in [0.05, 0.1) is 0 Å². The number of likely N-dealkylation sites (tertiary alicyclic amines) is 1. The number of amides is 1. The number of rotatable bonds is 2. The molecule has 0 aromatic carbocycles. The topological polar surface area (TPSA) is 83.6 Å². The first-order valence-electron chi connectivity index (χ1n) is 6.69. The Bertz CT molecular complexity index is 523. The number of nitrogens with zero attached hydrogens (tertiary/aromatic N) is 2. The van der Waals surface area contributed by atoms with Crippen LogP contribution in [0.5, 0.6) is 0 Å². The van der Waals surface area contributed by atoms with Crippen LogP contribution >= 0.6 is 0 Å². The summed E-state index contributed by atoms with van der Waals surface area (Å²) >= 11 is 0. The second-order valence-electron chi connectivity index (χ2n) is 5.13. The number of aromatic nitrogens is 1. The van der Waals surface area contributed by atoms with E-state index in [1.807, 2.05) is 0 Å². The van der Waals surface area contributed by atoms with E-state index in [4.69, 9.17) is 9.63 Å². The molecule has 1 fully saturated rings. The average Bonchev–Trinajstić information content (AvgIpc) is 3.05. The van der Waals surface area contributed by atoms with Crippen LogP contribution in [0.4, 0.5) is 0 Å². The maximum Gasteiger partial charge on any atom is 0.326 e. The Kier molecular flexibility index (Phi) is 3.00. The predicted molar refractivity (Wildman–Crippen MR) is 64.8 cm³/mol. The minimum atomic E-state index is -0.941. The maximum atomic E-state index is 12.4. The number of aliphatic carboxylic acids is 1. The van der Waals surface area contributed by atoms with E-state index in [1.54, 1.807) is 0 Å². The number of carbonyl (C=O) groups is 2. The standard InChI is InChI=1S/C13H16N2O4/c16-12(15-7-3-5-9(15)13(17)18)11-8-4-1-2-6-10(8)19-14-11/h9H,1-7H2,(H,17,18)/t9-/m0/s1. The van der Waals surface area contributed by atoms with Crippen molar-refractivity contribution in [1.29, 1.82) is 0 Å². The van der Waals surface area contributed by atoms with Gasteiger partial charge in [0.2, 0.25) is 0 Å². The Morgan fingerprint density at radius 1 is 1.26 bits per heavy atom. The number of carboxylic acids is 1. The fourth-order valence-electron chi connectivity index (χ4n) is 2.96. The molecule has 19 heavy (non-hydrogen) atoms. The summed E-state index contributed by atoms with van der Waals surface area (Å²) in [7, 11) is 0. The molecule has 1 aromatic rings. The lowest BCUT2D eigenvalue weighted by Crippen LogP contribution is -2.40. The highest BCUT2D eigenvalue weighted by molar-refractivity contribution is 5.96. The van der Waals surface area contributed by atoms with Crippen LogP contribution in [-0.2, 0) is 17.6 Å². The third-order valence-electron chi connectivity index (χ3n) is 3.95. The highest BCUT2D eigenvalue weighted by Gasteiger charge is 2.37. The Hall–Kier alpha value is -1.85. The molecule has 1 aromatic heterocycles. The van der Waals surface area contributed by atoms with Gasteiger partial charge < -0.3 is 14.5 Å². The monoisotopic (exact) mass is 264 g/mol. The molecule has 0 unspecified atom stereocenters. The van der Waals surface area contributed by atoms with E-state index in [0.717, 1.165) is 43.4 Å². The Labute approximate surface area is 110 Å². The summed E-state index contributed by atoms with van der Waals surface area (Å²) in [5.74, 6) is -0.444. The van der Waals surface area contributed by atoms with Gasteiger partial charge in [0.25, 0.3) is 5.91 Å². The molecule has 6 heteroatoms. The summed E-state index contributed by atoms with van der Waals surface area (Å²) in [4.78, 5) is 25.0. The zero-order chi connectivity index (χ0) is 13.4. The lowest BCUT2D eigenvalue weighted by molar-refractivity contribution is -0.141. The minimum Gasteiger partial charge on any atom is -0.480 e. The van der Waals surface area contributed by atoms with Crippen molar-refractivity contribution in [2.45, 2.75) is 44.6 Å². The molecule has 1 aliphatic carbocycles. The van der Waals surface area contributed by atoms with Crippen molar-refractivity contribution in [1.82, 2.24) is 10.1 Å². The predicted octanol–water partition coefficient (Wildman–Crippen LogP) is 1.24. The van der Waals surface area contributed by atoms with Gasteiger partial charge in [-0.15, -0.1) is 0 Å². The molecular formula is C13H16N2O4. The van der Waals surface area contributed by atoms with Gasteiger partial charge in [-0.25, -0.2) is 4.79 Å². The molecular weight excluding hydrogens is 248 g/mol. The van der Waals surface area contributed by atoms with Gasteiger partial charge in [0.15, 0.2) is 5.69 Å². The van der Waals surface area contributed by atoms with E-state index < -0.39 is 12.0 Å². The van der Waals surface area contributed by atoms with Crippen LogP contribution in [0.1, 0.15) is 47.5 Å². The third kappa shape index (κ3) is 2.01. The largest absolute Gasteiger partial charge is 0.480 e. The zero-order valence-corrected chi connectivity index (χ0v) is 10.6. The zero-order valence-electron chi connectivity index (χ0n) is 10.6. The fourth-order valence-corrected chi connectivity index (χ4v) is 2.96. The smallest absolute Gasteiger partial charge is 0.326 e. The van der Waals surface area contributed by atoms with Gasteiger partial charge in [-0.3, -0.25) is 4.79 Å². The van der Waals surface area contributed by atoms with Crippen molar-refractivity contribution in [2.24, 2.45) is 0 Å². The first-order valence-corrected chi connectivity index (χ1v) is 6.69. The SMILES string of the molecule is O=C(O)[C@@H]1CCCN1C(=O)c1noc2c1CCCC2. The van der Waals surface area contributed by atoms with Crippen LogP contribution in [0.25, 0.3) is 0 Å². The summed E-state index contributed by atoms with van der Waals surface area (Å²) in [5.41, 5.74) is 1.20. The number of carboxylic acid groups (broad SMARTS) is 1. The summed E-state index contributed by atoms with van der Waals surface area (Å²) in [6, 6.07) is -0.719. The molecule has 1 amide bonds. The number of hydrogen-bond donors (Lipinski definition) is 1. The van der Waals surface area contributed by atoms with Crippen molar-refractivity contribution < 1.29 is 19.2 Å². The minimum absolute atomic E-state index is 0.295. The quantitative estimate of drug-likeness (QED) is 0.868. The fraction of sp³-hybridized carbons (Fsp3) is 0.615. The van der Waals surface area contributed by atoms with Gasteiger partial charge in [0, 0.05) is 18.5 Å². The molecule has 0 radical (unpaired) electrons. The molecule has 0 spiro atoms. The van der Waals surface area contributed by atoms with Crippen LogP contribution in [0.15, 0.2) is 4.52 Å². The van der Waals surface area contributed by atoms with Crippen molar-refractivity contribution >= 4 is 11.9 Å². The van der Waals surface area contributed by atoms with Crippen LogP contribution < -0.4 is 0 Å². The van der Waals surface area contributed by atoms with Crippen LogP contribution in [0.3, 0.4) is 0 Å². The highest BCUT2D eigenvalue weighted by atomic mass is 16.5. The second kappa shape index (κ2) is 4.68. The Morgan fingerprint density at radius 2 is 2.05 bits per heavy atom. The lowest BCUT2D eigenvalue weighted by Gasteiger charge is -2.20. The molecule has 6 nitrogen and oxygen atoms in total. The molecule has 1 aliphatic heterocycles. The second-order valence-corrected chi connectivity index (χ2v) is 5.13. The number of hydrogen-bond acceptors (Lipinski definition) is 4. The van der Waals surface area contributed by atoms with Gasteiger partial charge >= 0.3 is 5.97 Å². The van der Waals surface area contributed by atoms with E-state index in [0.29, 0.717) is 18.7 Å². The van der Waals surface area contributed by atoms with Gasteiger partial charge in [-0.2, -0.15) is 0 Å². The van der Waals surface area contributed by atoms with Gasteiger partial charge in [-0.1, -0.05) is 5.16 Å². The highest BCUT2D eigenvalue weighted by Crippen LogP contribution is 2.27. The summed E-state index contributed by atoms with van der Waals surface area (Å²) in [5, 5.41) is 13.0. The van der Waals surface area contributed by atoms with E-state index in [-0.39, 0.29) is 5.91 Å². The number of fused-ring (bicyclic) bond motifs is 1. The van der Waals surface area contributed by atoms with E-state index in [2.05, 4.69) is 5.16 Å². The lowest BCUT2D eigenvalue weighted by atomic mass is 9.96. The van der Waals surface area contributed by atoms with Crippen LogP contribution in [0.2, 0.25) is 0 Å². The summed E-state index contributed by atoms with van der Waals surface area (Å²) < 4.78 is 5.22. The third-order valence-corrected chi connectivity index (χ3v) is 3.95. The summed E-state index contributed by atoms with van der Waals surface area (Å²) in [6.07, 6.45) is 4.93. The summed E-state index contributed by atoms with van der Waals surface area (Å²) in [6.45, 7) is 0.484. The van der Waals surface area contributed by atoms with Crippen molar-refractivity contribution in [3.05, 3.63) is 17.0 Å².